The van der Waals surface area contributed by atoms with E-state index in [0.29, 0.717) is 17.0 Å². The molecular formula is C15H10BrNO4. The molecule has 2 N–H and O–H groups in total. The molecule has 0 aliphatic carbocycles. The quantitative estimate of drug-likeness (QED) is 0.732. The number of carboxylic acids is 1. The molecule has 0 atom stereocenters. The summed E-state index contributed by atoms with van der Waals surface area (Å²) in [6.07, 6.45) is 0. The molecule has 0 saturated carbocycles. The Morgan fingerprint density at radius 2 is 2.10 bits per heavy atom. The predicted molar refractivity (Wildman–Crippen MR) is 80.5 cm³/mol. The number of phenols is 1. The number of nitrogens with zero attached hydrogens (tertiary/aromatic N) is 1. The number of aromatic hydroxyl groups is 1. The Balaban J connectivity index is 2.22. The maximum Gasteiger partial charge on any atom is 0.339 e. The van der Waals surface area contributed by atoms with Crippen LogP contribution in [-0.2, 0) is 0 Å². The summed E-state index contributed by atoms with van der Waals surface area (Å²) < 4.78 is 6.55. The van der Waals surface area contributed by atoms with Gasteiger partial charge in [-0.25, -0.2) is 9.78 Å². The number of benzene rings is 2. The number of aromatic nitrogens is 1. The molecular weight excluding hydrogens is 338 g/mol. The summed E-state index contributed by atoms with van der Waals surface area (Å²) in [5.74, 6) is -1.17. The van der Waals surface area contributed by atoms with Crippen LogP contribution in [0.1, 0.15) is 15.9 Å². The third kappa shape index (κ3) is 2.27. The molecule has 5 nitrogen and oxygen atoms in total. The molecule has 2 aromatic carbocycles. The van der Waals surface area contributed by atoms with Gasteiger partial charge in [0.2, 0.25) is 5.89 Å². The fourth-order valence-corrected chi connectivity index (χ4v) is 2.46. The van der Waals surface area contributed by atoms with E-state index in [2.05, 4.69) is 20.9 Å². The molecule has 3 rings (SSSR count). The molecule has 0 saturated heterocycles. The van der Waals surface area contributed by atoms with E-state index in [1.54, 1.807) is 0 Å². The van der Waals surface area contributed by atoms with Crippen molar-refractivity contribution in [1.82, 2.24) is 4.98 Å². The first kappa shape index (κ1) is 13.6. The second-order valence-corrected chi connectivity index (χ2v) is 5.43. The first-order chi connectivity index (χ1) is 9.97. The lowest BCUT2D eigenvalue weighted by Gasteiger charge is -2.02. The van der Waals surface area contributed by atoms with Crippen molar-refractivity contribution in [2.75, 3.05) is 0 Å². The van der Waals surface area contributed by atoms with Gasteiger partial charge < -0.3 is 14.6 Å². The summed E-state index contributed by atoms with van der Waals surface area (Å²) in [5.41, 5.74) is 2.29. The topological polar surface area (TPSA) is 83.6 Å². The van der Waals surface area contributed by atoms with E-state index in [-0.39, 0.29) is 11.3 Å². The van der Waals surface area contributed by atoms with E-state index in [4.69, 9.17) is 9.52 Å². The minimum Gasteiger partial charge on any atom is -0.507 e. The number of oxazole rings is 1. The first-order valence-corrected chi connectivity index (χ1v) is 6.89. The number of rotatable bonds is 2. The zero-order valence-corrected chi connectivity index (χ0v) is 12.5. The lowest BCUT2D eigenvalue weighted by molar-refractivity contribution is 0.0694. The van der Waals surface area contributed by atoms with Gasteiger partial charge in [-0.3, -0.25) is 0 Å². The van der Waals surface area contributed by atoms with Crippen molar-refractivity contribution in [3.8, 4) is 17.2 Å². The lowest BCUT2D eigenvalue weighted by atomic mass is 10.1. The molecule has 21 heavy (non-hydrogen) atoms. The number of carbonyl (C=O) groups is 1. The number of hydrogen-bond acceptors (Lipinski definition) is 4. The van der Waals surface area contributed by atoms with Crippen molar-refractivity contribution in [2.45, 2.75) is 6.92 Å². The third-order valence-corrected chi connectivity index (χ3v) is 4.09. The van der Waals surface area contributed by atoms with Gasteiger partial charge in [0.25, 0.3) is 0 Å². The zero-order valence-electron chi connectivity index (χ0n) is 10.9. The van der Waals surface area contributed by atoms with Crippen molar-refractivity contribution in [1.29, 1.82) is 0 Å². The van der Waals surface area contributed by atoms with E-state index in [1.807, 2.05) is 25.1 Å². The van der Waals surface area contributed by atoms with Gasteiger partial charge in [0.15, 0.2) is 5.58 Å². The fraction of sp³-hybridized carbons (Fsp3) is 0.0667. The maximum atomic E-state index is 11.0. The highest BCUT2D eigenvalue weighted by Crippen LogP contribution is 2.32. The molecule has 6 heteroatoms. The molecule has 0 aliphatic heterocycles. The van der Waals surface area contributed by atoms with Crippen LogP contribution in [0.3, 0.4) is 0 Å². The van der Waals surface area contributed by atoms with Gasteiger partial charge in [0, 0.05) is 16.1 Å². The molecule has 0 fully saturated rings. The molecule has 0 spiro atoms. The highest BCUT2D eigenvalue weighted by Gasteiger charge is 2.17. The smallest absolute Gasteiger partial charge is 0.339 e. The molecule has 3 aromatic rings. The summed E-state index contributed by atoms with van der Waals surface area (Å²) >= 11 is 3.44. The predicted octanol–water partition coefficient (Wildman–Crippen LogP) is 3.97. The molecule has 0 aliphatic rings. The van der Waals surface area contributed by atoms with Crippen molar-refractivity contribution in [3.05, 3.63) is 45.9 Å². The van der Waals surface area contributed by atoms with Crippen LogP contribution in [0.15, 0.2) is 39.2 Å². The first-order valence-electron chi connectivity index (χ1n) is 6.09. The Labute approximate surface area is 128 Å². The standard InChI is InChI=1S/C15H10BrNO4/c1-7-8(3-2-4-10(7)16)14-17-11-5-9(15(19)20)12(18)6-13(11)21-14/h2-6,18H,1H3,(H,19,20). The molecule has 0 bridgehead atoms. The van der Waals surface area contributed by atoms with E-state index in [0.717, 1.165) is 15.6 Å². The van der Waals surface area contributed by atoms with Crippen LogP contribution in [0.5, 0.6) is 5.75 Å². The summed E-state index contributed by atoms with van der Waals surface area (Å²) in [4.78, 5) is 15.3. The summed E-state index contributed by atoms with van der Waals surface area (Å²) in [6, 6.07) is 8.20. The van der Waals surface area contributed by atoms with Crippen LogP contribution in [0.25, 0.3) is 22.6 Å². The second-order valence-electron chi connectivity index (χ2n) is 4.57. The molecule has 1 heterocycles. The molecule has 0 amide bonds. The number of carboxylic acid groups (broad SMARTS) is 1. The largest absolute Gasteiger partial charge is 0.507 e. The Morgan fingerprint density at radius 3 is 2.81 bits per heavy atom. The Morgan fingerprint density at radius 1 is 1.33 bits per heavy atom. The van der Waals surface area contributed by atoms with Crippen LogP contribution in [0.2, 0.25) is 0 Å². The van der Waals surface area contributed by atoms with Gasteiger partial charge in [-0.05, 0) is 30.7 Å². The van der Waals surface area contributed by atoms with Gasteiger partial charge in [-0.15, -0.1) is 0 Å². The number of aromatic carboxylic acids is 1. The van der Waals surface area contributed by atoms with Gasteiger partial charge in [-0.1, -0.05) is 22.0 Å². The zero-order chi connectivity index (χ0) is 15.1. The minimum absolute atomic E-state index is 0.201. The summed E-state index contributed by atoms with van der Waals surface area (Å²) in [5, 5.41) is 18.7. The Kier molecular flexibility index (Phi) is 3.17. The van der Waals surface area contributed by atoms with Crippen molar-refractivity contribution in [3.63, 3.8) is 0 Å². The van der Waals surface area contributed by atoms with Crippen LogP contribution >= 0.6 is 15.9 Å². The molecule has 0 radical (unpaired) electrons. The van der Waals surface area contributed by atoms with E-state index < -0.39 is 5.97 Å². The Hall–Kier alpha value is -2.34. The van der Waals surface area contributed by atoms with Crippen molar-refractivity contribution < 1.29 is 19.4 Å². The minimum atomic E-state index is -1.21. The average Bonchev–Trinajstić information content (AvgIpc) is 2.83. The van der Waals surface area contributed by atoms with Crippen LogP contribution < -0.4 is 0 Å². The SMILES string of the molecule is Cc1c(Br)cccc1-c1nc2cc(C(=O)O)c(O)cc2o1. The van der Waals surface area contributed by atoms with Crippen molar-refractivity contribution in [2.24, 2.45) is 0 Å². The van der Waals surface area contributed by atoms with Crippen molar-refractivity contribution >= 4 is 33.0 Å². The normalized spacial score (nSPS) is 11.0. The van der Waals surface area contributed by atoms with E-state index >= 15 is 0 Å². The summed E-state index contributed by atoms with van der Waals surface area (Å²) in [7, 11) is 0. The molecule has 1 aromatic heterocycles. The number of halogens is 1. The average molecular weight is 348 g/mol. The second kappa shape index (κ2) is 4.89. The third-order valence-electron chi connectivity index (χ3n) is 3.23. The number of hydrogen-bond donors (Lipinski definition) is 2. The van der Waals surface area contributed by atoms with Crippen LogP contribution in [-0.4, -0.2) is 21.2 Å². The lowest BCUT2D eigenvalue weighted by Crippen LogP contribution is -1.96. The monoisotopic (exact) mass is 347 g/mol. The van der Waals surface area contributed by atoms with E-state index in [1.165, 1.54) is 12.1 Å². The fourth-order valence-electron chi connectivity index (χ4n) is 2.09. The maximum absolute atomic E-state index is 11.0. The highest BCUT2D eigenvalue weighted by molar-refractivity contribution is 9.10. The molecule has 106 valence electrons. The van der Waals surface area contributed by atoms with Gasteiger partial charge >= 0.3 is 5.97 Å². The van der Waals surface area contributed by atoms with Gasteiger partial charge in [0.1, 0.15) is 16.8 Å². The van der Waals surface area contributed by atoms with Gasteiger partial charge in [-0.2, -0.15) is 0 Å². The summed E-state index contributed by atoms with van der Waals surface area (Å²) in [6.45, 7) is 1.93. The number of fused-ring (bicyclic) bond motifs is 1. The van der Waals surface area contributed by atoms with Crippen LogP contribution in [0.4, 0.5) is 0 Å². The molecule has 0 unspecified atom stereocenters. The van der Waals surface area contributed by atoms with Crippen LogP contribution in [0, 0.1) is 6.92 Å². The van der Waals surface area contributed by atoms with Gasteiger partial charge in [0.05, 0.1) is 0 Å². The Bertz CT molecular complexity index is 869. The highest BCUT2D eigenvalue weighted by atomic mass is 79.9. The van der Waals surface area contributed by atoms with E-state index in [9.17, 15) is 9.90 Å².